The fourth-order valence-electron chi connectivity index (χ4n) is 5.38. The Labute approximate surface area is 192 Å². The molecule has 2 amide bonds. The first-order chi connectivity index (χ1) is 15.9. The van der Waals surface area contributed by atoms with E-state index in [4.69, 9.17) is 4.74 Å². The molecule has 0 radical (unpaired) electrons. The van der Waals surface area contributed by atoms with Gasteiger partial charge in [0.25, 0.3) is 0 Å². The lowest BCUT2D eigenvalue weighted by Gasteiger charge is -2.31. The fraction of sp³-hybridized carbons (Fsp3) is 0.423. The van der Waals surface area contributed by atoms with Gasteiger partial charge in [-0.15, -0.1) is 0 Å². The molecule has 0 bridgehead atoms. The van der Waals surface area contributed by atoms with Crippen LogP contribution in [0.25, 0.3) is 11.1 Å². The second-order valence-corrected chi connectivity index (χ2v) is 9.48. The van der Waals surface area contributed by atoms with E-state index in [0.29, 0.717) is 32.4 Å². The topological polar surface area (TPSA) is 95.9 Å². The Balaban J connectivity index is 1.13. The van der Waals surface area contributed by atoms with Crippen molar-refractivity contribution in [2.45, 2.75) is 37.6 Å². The second kappa shape index (κ2) is 8.21. The van der Waals surface area contributed by atoms with Gasteiger partial charge in [0.2, 0.25) is 5.91 Å². The first kappa shape index (κ1) is 21.5. The zero-order chi connectivity index (χ0) is 23.2. The summed E-state index contributed by atoms with van der Waals surface area (Å²) in [5.41, 5.74) is 3.55. The molecule has 5 rings (SSSR count). The number of benzene rings is 2. The summed E-state index contributed by atoms with van der Waals surface area (Å²) in [7, 11) is 0. The summed E-state index contributed by atoms with van der Waals surface area (Å²) in [6, 6.07) is 16.4. The van der Waals surface area contributed by atoms with E-state index in [9.17, 15) is 19.5 Å². The molecule has 1 saturated heterocycles. The Morgan fingerprint density at radius 3 is 2.36 bits per heavy atom. The average molecular weight is 449 g/mol. The molecular formula is C26H28N2O5. The third-order valence-corrected chi connectivity index (χ3v) is 7.46. The Bertz CT molecular complexity index is 1070. The number of alkyl carbamates (subject to hydrolysis) is 1. The van der Waals surface area contributed by atoms with Crippen molar-refractivity contribution in [3.8, 4) is 11.1 Å². The number of hydrogen-bond acceptors (Lipinski definition) is 4. The minimum Gasteiger partial charge on any atom is -0.480 e. The quantitative estimate of drug-likeness (QED) is 0.704. The molecule has 7 heteroatoms. The lowest BCUT2D eigenvalue weighted by molar-refractivity contribution is -0.155. The molecule has 0 aromatic heterocycles. The van der Waals surface area contributed by atoms with Crippen LogP contribution in [0.15, 0.2) is 48.5 Å². The molecule has 1 saturated carbocycles. The van der Waals surface area contributed by atoms with Gasteiger partial charge in [-0.2, -0.15) is 0 Å². The average Bonchev–Trinajstić information content (AvgIpc) is 3.38. The molecule has 0 unspecified atom stereocenters. The summed E-state index contributed by atoms with van der Waals surface area (Å²) in [5, 5.41) is 12.3. The highest BCUT2D eigenvalue weighted by atomic mass is 16.5. The Morgan fingerprint density at radius 2 is 1.73 bits per heavy atom. The number of ether oxygens (including phenoxy) is 1. The normalized spacial score (nSPS) is 25.3. The van der Waals surface area contributed by atoms with Crippen LogP contribution in [0, 0.1) is 11.8 Å². The number of nitrogens with zero attached hydrogens (tertiary/aromatic N) is 1. The SMILES string of the molecule is C[C@@]1(C(=O)O)CCCN1C(=O)[C@@H]1C[C@@H]1CNC(=O)OCC1c2ccccc2-c2ccccc21. The highest BCUT2D eigenvalue weighted by Gasteiger charge is 2.52. The van der Waals surface area contributed by atoms with E-state index < -0.39 is 17.6 Å². The predicted molar refractivity (Wildman–Crippen MR) is 122 cm³/mol. The fourth-order valence-corrected chi connectivity index (χ4v) is 5.38. The third kappa shape index (κ3) is 3.75. The van der Waals surface area contributed by atoms with Crippen molar-refractivity contribution in [3.63, 3.8) is 0 Å². The van der Waals surface area contributed by atoms with Crippen LogP contribution in [-0.4, -0.2) is 53.2 Å². The Kier molecular flexibility index (Phi) is 5.35. The number of carboxylic acids is 1. The standard InChI is InChI=1S/C26H28N2O5/c1-26(24(30)31)11-6-12-28(26)23(29)21-13-16(21)14-27-25(32)33-15-22-19-9-4-2-7-17(19)18-8-3-5-10-20(18)22/h2-5,7-10,16,21-22H,6,11-15H2,1H3,(H,27,32)(H,30,31)/t16-,21-,26+/m1/s1. The Hall–Kier alpha value is -3.35. The molecule has 2 aromatic carbocycles. The van der Waals surface area contributed by atoms with Crippen LogP contribution in [0.1, 0.15) is 43.2 Å². The van der Waals surface area contributed by atoms with Gasteiger partial charge in [0.05, 0.1) is 0 Å². The van der Waals surface area contributed by atoms with Crippen LogP contribution in [0.4, 0.5) is 4.79 Å². The highest BCUT2D eigenvalue weighted by Crippen LogP contribution is 2.45. The number of likely N-dealkylation sites (tertiary alicyclic amines) is 1. The molecule has 2 N–H and O–H groups in total. The molecular weight excluding hydrogens is 420 g/mol. The highest BCUT2D eigenvalue weighted by molar-refractivity contribution is 5.90. The molecule has 7 nitrogen and oxygen atoms in total. The van der Waals surface area contributed by atoms with Gasteiger partial charge in [-0.05, 0) is 54.4 Å². The van der Waals surface area contributed by atoms with Gasteiger partial charge < -0.3 is 20.1 Å². The number of carbonyl (C=O) groups excluding carboxylic acids is 2. The van der Waals surface area contributed by atoms with Gasteiger partial charge in [-0.1, -0.05) is 48.5 Å². The van der Waals surface area contributed by atoms with E-state index in [1.807, 2.05) is 24.3 Å². The van der Waals surface area contributed by atoms with Gasteiger partial charge >= 0.3 is 12.1 Å². The lowest BCUT2D eigenvalue weighted by atomic mass is 9.98. The van der Waals surface area contributed by atoms with E-state index in [2.05, 4.69) is 29.6 Å². The molecule has 172 valence electrons. The number of nitrogens with one attached hydrogen (secondary N) is 1. The van der Waals surface area contributed by atoms with Crippen molar-refractivity contribution in [2.75, 3.05) is 19.7 Å². The number of hydrogen-bond donors (Lipinski definition) is 2. The first-order valence-corrected chi connectivity index (χ1v) is 11.5. The van der Waals surface area contributed by atoms with Gasteiger partial charge in [0.1, 0.15) is 12.1 Å². The molecule has 2 fully saturated rings. The van der Waals surface area contributed by atoms with Crippen molar-refractivity contribution in [1.82, 2.24) is 10.2 Å². The molecule has 1 aliphatic heterocycles. The van der Waals surface area contributed by atoms with Crippen molar-refractivity contribution >= 4 is 18.0 Å². The largest absolute Gasteiger partial charge is 0.480 e. The van der Waals surface area contributed by atoms with Crippen molar-refractivity contribution in [2.24, 2.45) is 11.8 Å². The summed E-state index contributed by atoms with van der Waals surface area (Å²) < 4.78 is 5.55. The summed E-state index contributed by atoms with van der Waals surface area (Å²) in [6.45, 7) is 2.69. The van der Waals surface area contributed by atoms with Crippen molar-refractivity contribution < 1.29 is 24.2 Å². The van der Waals surface area contributed by atoms with E-state index in [-0.39, 0.29) is 30.3 Å². The number of rotatable bonds is 6. The maximum Gasteiger partial charge on any atom is 0.407 e. The molecule has 1 heterocycles. The van der Waals surface area contributed by atoms with Crippen molar-refractivity contribution in [3.05, 3.63) is 59.7 Å². The van der Waals surface area contributed by atoms with Crippen LogP contribution in [0.5, 0.6) is 0 Å². The maximum absolute atomic E-state index is 12.8. The molecule has 33 heavy (non-hydrogen) atoms. The van der Waals surface area contributed by atoms with E-state index >= 15 is 0 Å². The lowest BCUT2D eigenvalue weighted by Crippen LogP contribution is -2.51. The van der Waals surface area contributed by atoms with Crippen LogP contribution in [0.3, 0.4) is 0 Å². The summed E-state index contributed by atoms with van der Waals surface area (Å²) in [5.74, 6) is -1.27. The molecule has 0 spiro atoms. The number of fused-ring (bicyclic) bond motifs is 3. The number of carbonyl (C=O) groups is 3. The third-order valence-electron chi connectivity index (χ3n) is 7.46. The predicted octanol–water partition coefficient (Wildman–Crippen LogP) is 3.63. The monoisotopic (exact) mass is 448 g/mol. The minimum absolute atomic E-state index is 0.00210. The number of amides is 2. The van der Waals surface area contributed by atoms with Gasteiger partial charge in [0, 0.05) is 24.9 Å². The maximum atomic E-state index is 12.8. The van der Waals surface area contributed by atoms with Crippen LogP contribution in [-0.2, 0) is 14.3 Å². The summed E-state index contributed by atoms with van der Waals surface area (Å²) >= 11 is 0. The van der Waals surface area contributed by atoms with Gasteiger partial charge in [-0.3, -0.25) is 4.79 Å². The molecule has 2 aliphatic carbocycles. The first-order valence-electron chi connectivity index (χ1n) is 11.5. The molecule has 2 aromatic rings. The van der Waals surface area contributed by atoms with Gasteiger partial charge in [0.15, 0.2) is 0 Å². The Morgan fingerprint density at radius 1 is 1.09 bits per heavy atom. The smallest absolute Gasteiger partial charge is 0.407 e. The molecule has 3 aliphatic rings. The zero-order valence-corrected chi connectivity index (χ0v) is 18.6. The zero-order valence-electron chi connectivity index (χ0n) is 18.6. The van der Waals surface area contributed by atoms with E-state index in [0.717, 1.165) is 11.1 Å². The van der Waals surface area contributed by atoms with E-state index in [1.54, 1.807) is 6.92 Å². The van der Waals surface area contributed by atoms with Gasteiger partial charge in [-0.25, -0.2) is 9.59 Å². The number of aliphatic carboxylic acids is 1. The van der Waals surface area contributed by atoms with Crippen LogP contribution in [0.2, 0.25) is 0 Å². The molecule has 3 atom stereocenters. The summed E-state index contributed by atoms with van der Waals surface area (Å²) in [4.78, 5) is 38.4. The summed E-state index contributed by atoms with van der Waals surface area (Å²) in [6.07, 6.45) is 1.34. The second-order valence-electron chi connectivity index (χ2n) is 9.48. The van der Waals surface area contributed by atoms with Crippen LogP contribution >= 0.6 is 0 Å². The van der Waals surface area contributed by atoms with Crippen LogP contribution < -0.4 is 5.32 Å². The minimum atomic E-state index is -1.12. The number of carboxylic acid groups (broad SMARTS) is 1. The van der Waals surface area contributed by atoms with Crippen molar-refractivity contribution in [1.29, 1.82) is 0 Å². The van der Waals surface area contributed by atoms with E-state index in [1.165, 1.54) is 16.0 Å².